The third-order valence-corrected chi connectivity index (χ3v) is 3.42. The van der Waals surface area contributed by atoms with Gasteiger partial charge in [0.2, 0.25) is 0 Å². The standard InChI is InChI=1S/C19H21N3O3/c1-3-25-17-11-9-15(10-12-17)13-20-22-19(24)18(23)21-14(2)16-7-5-4-6-8-16/h4-14H,3H2,1-2H3,(H,21,23)(H,22,24)/t14-/m1/s1. The quantitative estimate of drug-likeness (QED) is 0.482. The molecular formula is C19H21N3O3. The van der Waals surface area contributed by atoms with E-state index in [1.807, 2.05) is 44.2 Å². The second-order valence-corrected chi connectivity index (χ2v) is 5.31. The Hall–Kier alpha value is -3.15. The van der Waals surface area contributed by atoms with E-state index in [9.17, 15) is 9.59 Å². The number of benzene rings is 2. The van der Waals surface area contributed by atoms with Crippen molar-refractivity contribution in [2.24, 2.45) is 5.10 Å². The summed E-state index contributed by atoms with van der Waals surface area (Å²) >= 11 is 0. The van der Waals surface area contributed by atoms with Crippen molar-refractivity contribution in [1.29, 1.82) is 0 Å². The minimum Gasteiger partial charge on any atom is -0.494 e. The van der Waals surface area contributed by atoms with Crippen LogP contribution in [0.5, 0.6) is 5.75 Å². The molecular weight excluding hydrogens is 318 g/mol. The second-order valence-electron chi connectivity index (χ2n) is 5.31. The molecule has 2 rings (SSSR count). The third kappa shape index (κ3) is 5.76. The summed E-state index contributed by atoms with van der Waals surface area (Å²) in [6.45, 7) is 4.32. The first kappa shape index (κ1) is 18.2. The Labute approximate surface area is 146 Å². The lowest BCUT2D eigenvalue weighted by Crippen LogP contribution is -2.39. The molecule has 0 aliphatic heterocycles. The zero-order chi connectivity index (χ0) is 18.1. The minimum atomic E-state index is -0.815. The van der Waals surface area contributed by atoms with E-state index >= 15 is 0 Å². The normalized spacial score (nSPS) is 11.8. The minimum absolute atomic E-state index is 0.269. The van der Waals surface area contributed by atoms with Crippen molar-refractivity contribution < 1.29 is 14.3 Å². The summed E-state index contributed by atoms with van der Waals surface area (Å²) in [5.74, 6) is -0.789. The van der Waals surface area contributed by atoms with Crippen molar-refractivity contribution in [3.8, 4) is 5.75 Å². The zero-order valence-corrected chi connectivity index (χ0v) is 14.2. The number of carbonyl (C=O) groups excluding carboxylic acids is 2. The van der Waals surface area contributed by atoms with Crippen LogP contribution in [0.1, 0.15) is 31.0 Å². The number of nitrogens with one attached hydrogen (secondary N) is 2. The Morgan fingerprint density at radius 3 is 2.40 bits per heavy atom. The van der Waals surface area contributed by atoms with Crippen molar-refractivity contribution in [2.75, 3.05) is 6.61 Å². The molecule has 2 aromatic rings. The van der Waals surface area contributed by atoms with Crippen molar-refractivity contribution in [3.05, 3.63) is 65.7 Å². The van der Waals surface area contributed by atoms with Gasteiger partial charge in [-0.25, -0.2) is 5.43 Å². The van der Waals surface area contributed by atoms with Crippen molar-refractivity contribution in [2.45, 2.75) is 19.9 Å². The van der Waals surface area contributed by atoms with Crippen LogP contribution >= 0.6 is 0 Å². The van der Waals surface area contributed by atoms with Crippen LogP contribution in [0.2, 0.25) is 0 Å². The third-order valence-electron chi connectivity index (χ3n) is 3.42. The average molecular weight is 339 g/mol. The molecule has 2 amide bonds. The van der Waals surface area contributed by atoms with Gasteiger partial charge in [-0.05, 0) is 49.2 Å². The topological polar surface area (TPSA) is 79.8 Å². The van der Waals surface area contributed by atoms with Gasteiger partial charge < -0.3 is 10.1 Å². The molecule has 2 aromatic carbocycles. The summed E-state index contributed by atoms with van der Waals surface area (Å²) in [5.41, 5.74) is 3.91. The molecule has 6 nitrogen and oxygen atoms in total. The summed E-state index contributed by atoms with van der Waals surface area (Å²) in [4.78, 5) is 23.7. The molecule has 0 fully saturated rings. The van der Waals surface area contributed by atoms with Gasteiger partial charge in [-0.15, -0.1) is 0 Å². The number of nitrogens with zero attached hydrogens (tertiary/aromatic N) is 1. The van der Waals surface area contributed by atoms with Crippen LogP contribution in [0.25, 0.3) is 0 Å². The maximum atomic E-state index is 11.9. The van der Waals surface area contributed by atoms with E-state index in [0.717, 1.165) is 16.9 Å². The zero-order valence-electron chi connectivity index (χ0n) is 14.2. The fourth-order valence-corrected chi connectivity index (χ4v) is 2.12. The lowest BCUT2D eigenvalue weighted by atomic mass is 10.1. The van der Waals surface area contributed by atoms with Crippen LogP contribution < -0.4 is 15.5 Å². The van der Waals surface area contributed by atoms with E-state index < -0.39 is 11.8 Å². The summed E-state index contributed by atoms with van der Waals surface area (Å²) in [6, 6.07) is 16.4. The SMILES string of the molecule is CCOc1ccc(C=NNC(=O)C(=O)N[C@H](C)c2ccccc2)cc1. The molecule has 0 unspecified atom stereocenters. The summed E-state index contributed by atoms with van der Waals surface area (Å²) < 4.78 is 5.34. The number of hydrogen-bond donors (Lipinski definition) is 2. The number of carbonyl (C=O) groups is 2. The van der Waals surface area contributed by atoms with E-state index in [2.05, 4.69) is 15.8 Å². The molecule has 0 aliphatic carbocycles. The summed E-state index contributed by atoms with van der Waals surface area (Å²) in [6.07, 6.45) is 1.46. The van der Waals surface area contributed by atoms with Gasteiger partial charge in [0, 0.05) is 0 Å². The Bertz CT molecular complexity index is 727. The molecule has 0 saturated carbocycles. The molecule has 0 saturated heterocycles. The molecule has 0 aliphatic rings. The van der Waals surface area contributed by atoms with E-state index in [1.165, 1.54) is 6.21 Å². The van der Waals surface area contributed by atoms with Gasteiger partial charge in [-0.3, -0.25) is 9.59 Å². The maximum Gasteiger partial charge on any atom is 0.329 e. The van der Waals surface area contributed by atoms with E-state index in [-0.39, 0.29) is 6.04 Å². The maximum absolute atomic E-state index is 11.9. The van der Waals surface area contributed by atoms with Gasteiger partial charge in [-0.2, -0.15) is 5.10 Å². The fourth-order valence-electron chi connectivity index (χ4n) is 2.12. The van der Waals surface area contributed by atoms with Crippen LogP contribution in [-0.2, 0) is 9.59 Å². The number of hydrazone groups is 1. The molecule has 0 heterocycles. The Morgan fingerprint density at radius 1 is 1.08 bits per heavy atom. The van der Waals surface area contributed by atoms with Crippen LogP contribution in [0.4, 0.5) is 0 Å². The highest BCUT2D eigenvalue weighted by Gasteiger charge is 2.16. The first-order valence-corrected chi connectivity index (χ1v) is 8.02. The van der Waals surface area contributed by atoms with Crippen molar-refractivity contribution >= 4 is 18.0 Å². The summed E-state index contributed by atoms with van der Waals surface area (Å²) in [7, 11) is 0. The molecule has 0 bridgehead atoms. The molecule has 2 N–H and O–H groups in total. The summed E-state index contributed by atoms with van der Waals surface area (Å²) in [5, 5.41) is 6.42. The second kappa shape index (κ2) is 9.22. The van der Waals surface area contributed by atoms with E-state index in [0.29, 0.717) is 6.61 Å². The predicted molar refractivity (Wildman–Crippen MR) is 96.3 cm³/mol. The molecule has 0 radical (unpaired) electrons. The highest BCUT2D eigenvalue weighted by atomic mass is 16.5. The molecule has 25 heavy (non-hydrogen) atoms. The number of amides is 2. The van der Waals surface area contributed by atoms with Crippen molar-refractivity contribution in [3.63, 3.8) is 0 Å². The van der Waals surface area contributed by atoms with E-state index in [4.69, 9.17) is 4.74 Å². The first-order valence-electron chi connectivity index (χ1n) is 8.02. The van der Waals surface area contributed by atoms with Crippen LogP contribution in [0, 0.1) is 0 Å². The number of ether oxygens (including phenoxy) is 1. The monoisotopic (exact) mass is 339 g/mol. The average Bonchev–Trinajstić information content (AvgIpc) is 2.64. The largest absolute Gasteiger partial charge is 0.494 e. The molecule has 0 spiro atoms. The highest BCUT2D eigenvalue weighted by Crippen LogP contribution is 2.11. The van der Waals surface area contributed by atoms with Gasteiger partial charge in [0.25, 0.3) is 0 Å². The van der Waals surface area contributed by atoms with Crippen molar-refractivity contribution in [1.82, 2.24) is 10.7 Å². The predicted octanol–water partition coefficient (Wildman–Crippen LogP) is 2.41. The van der Waals surface area contributed by atoms with Gasteiger partial charge in [0.15, 0.2) is 0 Å². The van der Waals surface area contributed by atoms with Gasteiger partial charge in [0.05, 0.1) is 18.9 Å². The van der Waals surface area contributed by atoms with Crippen LogP contribution in [0.15, 0.2) is 59.7 Å². The van der Waals surface area contributed by atoms with Gasteiger partial charge >= 0.3 is 11.8 Å². The Kier molecular flexibility index (Phi) is 6.71. The molecule has 1 atom stereocenters. The van der Waals surface area contributed by atoms with Gasteiger partial charge in [0.1, 0.15) is 5.75 Å². The van der Waals surface area contributed by atoms with Crippen LogP contribution in [0.3, 0.4) is 0 Å². The Morgan fingerprint density at radius 2 is 1.76 bits per heavy atom. The number of rotatable bonds is 6. The lowest BCUT2D eigenvalue weighted by Gasteiger charge is -2.13. The van der Waals surface area contributed by atoms with E-state index in [1.54, 1.807) is 24.3 Å². The highest BCUT2D eigenvalue weighted by molar-refractivity contribution is 6.35. The smallest absolute Gasteiger partial charge is 0.329 e. The lowest BCUT2D eigenvalue weighted by molar-refractivity contribution is -0.139. The number of hydrogen-bond acceptors (Lipinski definition) is 4. The molecule has 6 heteroatoms. The van der Waals surface area contributed by atoms with Crippen LogP contribution in [-0.4, -0.2) is 24.6 Å². The fraction of sp³-hybridized carbons (Fsp3) is 0.211. The molecule has 0 aromatic heterocycles. The molecule has 130 valence electrons. The first-order chi connectivity index (χ1) is 12.1. The Balaban J connectivity index is 1.83. The van der Waals surface area contributed by atoms with Gasteiger partial charge in [-0.1, -0.05) is 30.3 Å².